The molecule has 0 saturated carbocycles. The van der Waals surface area contributed by atoms with Crippen LogP contribution < -0.4 is 5.63 Å². The van der Waals surface area contributed by atoms with Crippen molar-refractivity contribution in [2.75, 3.05) is 0 Å². The van der Waals surface area contributed by atoms with Crippen molar-refractivity contribution >= 4 is 21.7 Å². The van der Waals surface area contributed by atoms with Crippen LogP contribution in [0.1, 0.15) is 95.6 Å². The third-order valence-electron chi connectivity index (χ3n) is 7.56. The third-order valence-corrected chi connectivity index (χ3v) is 7.56. The molecule has 3 heteroatoms. The molecule has 0 unspecified atom stereocenters. The Morgan fingerprint density at radius 1 is 0.622 bits per heavy atom. The van der Waals surface area contributed by atoms with Gasteiger partial charge in [0.15, 0.2) is 11.4 Å². The molecule has 0 aliphatic heterocycles. The number of rotatable bonds is 14. The lowest BCUT2D eigenvalue weighted by Gasteiger charge is -2.10. The first-order valence-electron chi connectivity index (χ1n) is 14.4. The van der Waals surface area contributed by atoms with E-state index < -0.39 is 11.4 Å². The summed E-state index contributed by atoms with van der Waals surface area (Å²) in [6.07, 6.45) is 15.2. The van der Waals surface area contributed by atoms with Crippen molar-refractivity contribution in [3.05, 3.63) is 82.0 Å². The lowest BCUT2D eigenvalue weighted by molar-refractivity contribution is 0.521. The number of hydrogen-bond acceptors (Lipinski definition) is 2. The zero-order chi connectivity index (χ0) is 26.0. The van der Waals surface area contributed by atoms with E-state index in [0.29, 0.717) is 22.8 Å². The molecule has 3 aromatic carbocycles. The second-order valence-corrected chi connectivity index (χ2v) is 10.4. The second kappa shape index (κ2) is 13.6. The van der Waals surface area contributed by atoms with Crippen LogP contribution in [0.5, 0.6) is 0 Å². The molecule has 1 aromatic heterocycles. The van der Waals surface area contributed by atoms with E-state index in [-0.39, 0.29) is 5.58 Å². The zero-order valence-electron chi connectivity index (χ0n) is 22.6. The summed E-state index contributed by atoms with van der Waals surface area (Å²) in [7, 11) is 0. The van der Waals surface area contributed by atoms with Crippen molar-refractivity contribution in [2.24, 2.45) is 0 Å². The molecule has 1 heterocycles. The van der Waals surface area contributed by atoms with Crippen LogP contribution in [-0.4, -0.2) is 0 Å². The van der Waals surface area contributed by atoms with Gasteiger partial charge in [0.1, 0.15) is 0 Å². The number of unbranched alkanes of at least 4 members (excludes halogenated alkanes) is 9. The lowest BCUT2D eigenvalue weighted by Crippen LogP contribution is -2.03. The Kier molecular flexibility index (Phi) is 9.93. The fourth-order valence-electron chi connectivity index (χ4n) is 5.27. The lowest BCUT2D eigenvalue weighted by atomic mass is 9.97. The summed E-state index contributed by atoms with van der Waals surface area (Å²) in [6, 6.07) is 18.2. The van der Waals surface area contributed by atoms with E-state index in [1.807, 2.05) is 30.3 Å². The molecule has 0 fully saturated rings. The van der Waals surface area contributed by atoms with Gasteiger partial charge in [-0.1, -0.05) is 120 Å². The molecule has 4 rings (SSSR count). The fraction of sp³-hybridized carbons (Fsp3) is 0.441. The van der Waals surface area contributed by atoms with E-state index in [4.69, 9.17) is 4.42 Å². The number of aryl methyl sites for hydroxylation is 2. The van der Waals surface area contributed by atoms with Gasteiger partial charge in [-0.25, -0.2) is 9.18 Å². The molecule has 2 nitrogen and oxygen atoms in total. The van der Waals surface area contributed by atoms with Crippen LogP contribution in [0.15, 0.2) is 63.8 Å². The SMILES string of the molecule is CCCCCCCCc1ccc(-c2ccc3c(c2)c(=O)oc2c(F)c(CCCCCCC)ccc23)cc1. The topological polar surface area (TPSA) is 30.2 Å². The summed E-state index contributed by atoms with van der Waals surface area (Å²) >= 11 is 0. The van der Waals surface area contributed by atoms with Gasteiger partial charge in [0.05, 0.1) is 5.39 Å². The van der Waals surface area contributed by atoms with E-state index in [0.717, 1.165) is 35.8 Å². The summed E-state index contributed by atoms with van der Waals surface area (Å²) in [5.74, 6) is -0.392. The number of fused-ring (bicyclic) bond motifs is 3. The average molecular weight is 501 g/mol. The molecule has 0 N–H and O–H groups in total. The van der Waals surface area contributed by atoms with Gasteiger partial charge in [-0.15, -0.1) is 0 Å². The highest BCUT2D eigenvalue weighted by atomic mass is 19.1. The number of halogens is 1. The first-order valence-corrected chi connectivity index (χ1v) is 14.4. The van der Waals surface area contributed by atoms with Gasteiger partial charge in [-0.05, 0) is 54.0 Å². The Balaban J connectivity index is 1.50. The van der Waals surface area contributed by atoms with Gasteiger partial charge in [0, 0.05) is 10.8 Å². The molecular weight excluding hydrogens is 459 g/mol. The standard InChI is InChI=1S/C34H41FO2/c1-3-5-7-9-11-12-14-25-16-18-26(19-17-25)28-21-22-29-30-23-20-27(15-13-10-8-6-4-2)32(35)33(30)37-34(36)31(29)24-28/h16-24H,3-15H2,1-2H3. The predicted octanol–water partition coefficient (Wildman–Crippen LogP) is 10.2. The van der Waals surface area contributed by atoms with Crippen LogP contribution in [-0.2, 0) is 12.8 Å². The quantitative estimate of drug-likeness (QED) is 0.0979. The summed E-state index contributed by atoms with van der Waals surface area (Å²) in [5.41, 5.74) is 3.61. The minimum Gasteiger partial charge on any atom is -0.419 e. The molecule has 0 aliphatic rings. The minimum atomic E-state index is -0.483. The Labute approximate surface area is 220 Å². The first-order chi connectivity index (χ1) is 18.1. The predicted molar refractivity (Wildman–Crippen MR) is 155 cm³/mol. The van der Waals surface area contributed by atoms with Crippen LogP contribution in [0.4, 0.5) is 4.39 Å². The maximum absolute atomic E-state index is 15.3. The van der Waals surface area contributed by atoms with E-state index in [9.17, 15) is 4.79 Å². The number of benzene rings is 3. The molecule has 0 aliphatic carbocycles. The van der Waals surface area contributed by atoms with Crippen LogP contribution in [0.25, 0.3) is 32.9 Å². The van der Waals surface area contributed by atoms with Crippen LogP contribution in [0, 0.1) is 5.82 Å². The summed E-state index contributed by atoms with van der Waals surface area (Å²) < 4.78 is 20.8. The van der Waals surface area contributed by atoms with Crippen LogP contribution >= 0.6 is 0 Å². The smallest absolute Gasteiger partial charge is 0.344 e. The van der Waals surface area contributed by atoms with Gasteiger partial charge in [-0.2, -0.15) is 0 Å². The molecule has 0 bridgehead atoms. The summed E-state index contributed by atoms with van der Waals surface area (Å²) in [4.78, 5) is 12.9. The third kappa shape index (κ3) is 6.89. The zero-order valence-corrected chi connectivity index (χ0v) is 22.6. The Morgan fingerprint density at radius 3 is 1.92 bits per heavy atom. The highest BCUT2D eigenvalue weighted by Gasteiger charge is 2.15. The van der Waals surface area contributed by atoms with Gasteiger partial charge in [0.2, 0.25) is 0 Å². The highest BCUT2D eigenvalue weighted by Crippen LogP contribution is 2.30. The van der Waals surface area contributed by atoms with Gasteiger partial charge in [-0.3, -0.25) is 0 Å². The molecule has 0 saturated heterocycles. The minimum absolute atomic E-state index is 0.0790. The molecule has 0 spiro atoms. The Bertz CT molecular complexity index is 1350. The molecule has 0 atom stereocenters. The van der Waals surface area contributed by atoms with Crippen molar-refractivity contribution in [2.45, 2.75) is 97.3 Å². The van der Waals surface area contributed by atoms with E-state index in [2.05, 4.69) is 38.1 Å². The van der Waals surface area contributed by atoms with Crippen LogP contribution in [0.2, 0.25) is 0 Å². The Morgan fingerprint density at radius 2 is 1.22 bits per heavy atom. The van der Waals surface area contributed by atoms with Gasteiger partial charge in [0.25, 0.3) is 0 Å². The Hall–Kier alpha value is -2.94. The van der Waals surface area contributed by atoms with Crippen molar-refractivity contribution < 1.29 is 8.81 Å². The summed E-state index contributed by atoms with van der Waals surface area (Å²) in [6.45, 7) is 4.43. The van der Waals surface area contributed by atoms with E-state index in [1.54, 1.807) is 0 Å². The molecular formula is C34H41FO2. The second-order valence-electron chi connectivity index (χ2n) is 10.4. The van der Waals surface area contributed by atoms with Gasteiger partial charge < -0.3 is 4.42 Å². The molecule has 0 radical (unpaired) electrons. The molecule has 196 valence electrons. The maximum atomic E-state index is 15.3. The monoisotopic (exact) mass is 500 g/mol. The van der Waals surface area contributed by atoms with Crippen molar-refractivity contribution in [1.29, 1.82) is 0 Å². The molecule has 4 aromatic rings. The van der Waals surface area contributed by atoms with Crippen LogP contribution in [0.3, 0.4) is 0 Å². The maximum Gasteiger partial charge on any atom is 0.344 e. The normalized spacial score (nSPS) is 11.5. The van der Waals surface area contributed by atoms with Crippen molar-refractivity contribution in [3.8, 4) is 11.1 Å². The highest BCUT2D eigenvalue weighted by molar-refractivity contribution is 6.05. The molecule has 37 heavy (non-hydrogen) atoms. The fourth-order valence-corrected chi connectivity index (χ4v) is 5.27. The van der Waals surface area contributed by atoms with Crippen molar-refractivity contribution in [3.63, 3.8) is 0 Å². The average Bonchev–Trinajstić information content (AvgIpc) is 2.92. The largest absolute Gasteiger partial charge is 0.419 e. The molecule has 0 amide bonds. The van der Waals surface area contributed by atoms with Gasteiger partial charge >= 0.3 is 5.63 Å². The summed E-state index contributed by atoms with van der Waals surface area (Å²) in [5, 5.41) is 1.89. The first kappa shape index (κ1) is 27.1. The van der Waals surface area contributed by atoms with Crippen molar-refractivity contribution in [1.82, 2.24) is 0 Å². The number of hydrogen-bond donors (Lipinski definition) is 0. The van der Waals surface area contributed by atoms with E-state index in [1.165, 1.54) is 63.4 Å². The van der Waals surface area contributed by atoms with E-state index >= 15 is 4.39 Å².